The molecule has 0 radical (unpaired) electrons. The van der Waals surface area contributed by atoms with Gasteiger partial charge in [-0.2, -0.15) is 0 Å². The maximum Gasteiger partial charge on any atom is 0.191 e. The number of thioether (sulfide) groups is 2. The highest BCUT2D eigenvalue weighted by atomic mass is 32.2. The van der Waals surface area contributed by atoms with Crippen LogP contribution in [0.5, 0.6) is 0 Å². The Morgan fingerprint density at radius 2 is 1.75 bits per heavy atom. The van der Waals surface area contributed by atoms with E-state index >= 15 is 0 Å². The molecule has 3 heterocycles. The predicted octanol–water partition coefficient (Wildman–Crippen LogP) is 4.65. The van der Waals surface area contributed by atoms with Crippen LogP contribution in [-0.4, -0.2) is 63.2 Å². The van der Waals surface area contributed by atoms with E-state index < -0.39 is 0 Å². The average Bonchev–Trinajstić information content (AvgIpc) is 3.43. The molecule has 5 rings (SSSR count). The first-order valence-corrected chi connectivity index (χ1v) is 13.5. The molecule has 9 heteroatoms. The minimum Gasteiger partial charge on any atom is -0.379 e. The summed E-state index contributed by atoms with van der Waals surface area (Å²) < 4.78 is 10.0. The first-order chi connectivity index (χ1) is 15.8. The number of nitrogens with zero attached hydrogens (tertiary/aromatic N) is 5. The molecule has 0 aliphatic carbocycles. The van der Waals surface area contributed by atoms with Gasteiger partial charge in [0.05, 0.1) is 35.7 Å². The Kier molecular flexibility index (Phi) is 7.40. The van der Waals surface area contributed by atoms with Gasteiger partial charge in [-0.05, 0) is 17.7 Å². The number of rotatable bonds is 9. The summed E-state index contributed by atoms with van der Waals surface area (Å²) in [4.78, 5) is 7.21. The smallest absolute Gasteiger partial charge is 0.191 e. The zero-order valence-electron chi connectivity index (χ0n) is 17.7. The molecule has 1 fully saturated rings. The monoisotopic (exact) mass is 483 g/mol. The molecule has 32 heavy (non-hydrogen) atoms. The van der Waals surface area contributed by atoms with Gasteiger partial charge in [0.25, 0.3) is 0 Å². The molecular weight excluding hydrogens is 458 g/mol. The Bertz CT molecular complexity index is 1110. The summed E-state index contributed by atoms with van der Waals surface area (Å²) in [7, 11) is 0. The first kappa shape index (κ1) is 21.9. The van der Waals surface area contributed by atoms with E-state index in [9.17, 15) is 0 Å². The number of morpholine rings is 1. The summed E-state index contributed by atoms with van der Waals surface area (Å²) in [6.07, 6.45) is 0. The van der Waals surface area contributed by atoms with Crippen molar-refractivity contribution in [1.29, 1.82) is 0 Å². The van der Waals surface area contributed by atoms with E-state index in [2.05, 4.69) is 68.2 Å². The van der Waals surface area contributed by atoms with Crippen LogP contribution >= 0.6 is 34.9 Å². The predicted molar refractivity (Wildman–Crippen MR) is 133 cm³/mol. The summed E-state index contributed by atoms with van der Waals surface area (Å²) in [6.45, 7) is 5.53. The van der Waals surface area contributed by atoms with Gasteiger partial charge in [-0.15, -0.1) is 21.5 Å². The summed E-state index contributed by atoms with van der Waals surface area (Å²) >= 11 is 5.26. The fraction of sp³-hybridized carbons (Fsp3) is 0.348. The van der Waals surface area contributed by atoms with Gasteiger partial charge in [0.15, 0.2) is 9.50 Å². The molecular formula is C23H25N5OS3. The molecule has 0 unspecified atom stereocenters. The quantitative estimate of drug-likeness (QED) is 0.321. The molecule has 0 amide bonds. The highest BCUT2D eigenvalue weighted by Gasteiger charge is 2.16. The van der Waals surface area contributed by atoms with Crippen molar-refractivity contribution in [3.05, 3.63) is 66.0 Å². The van der Waals surface area contributed by atoms with Gasteiger partial charge in [0, 0.05) is 25.4 Å². The lowest BCUT2D eigenvalue weighted by molar-refractivity contribution is 0.0410. The molecule has 166 valence electrons. The minimum atomic E-state index is 0.754. The standard InChI is InChI=1S/C23H25N5OS3/c1-2-6-18(7-3-1)16-28-21(17-31-23-24-19-8-4-5-9-20(19)32-23)25-26-22(28)30-15-12-27-10-13-29-14-11-27/h1-9H,10-17H2. The van der Waals surface area contributed by atoms with Crippen molar-refractivity contribution in [2.75, 3.05) is 38.6 Å². The third-order valence-corrected chi connectivity index (χ3v) is 8.44. The number of ether oxygens (including phenoxy) is 1. The van der Waals surface area contributed by atoms with Gasteiger partial charge in [-0.3, -0.25) is 4.90 Å². The first-order valence-electron chi connectivity index (χ1n) is 10.7. The molecule has 6 nitrogen and oxygen atoms in total. The number of hydrogen-bond acceptors (Lipinski definition) is 8. The second-order valence-corrected chi connectivity index (χ2v) is 10.8. The average molecular weight is 484 g/mol. The van der Waals surface area contributed by atoms with Crippen molar-refractivity contribution in [3.8, 4) is 0 Å². The minimum absolute atomic E-state index is 0.754. The SMILES string of the molecule is c1ccc(Cn2c(CSc3nc4ccccc4s3)nnc2SCCN2CCOCC2)cc1. The largest absolute Gasteiger partial charge is 0.379 e. The summed E-state index contributed by atoms with van der Waals surface area (Å²) in [5, 5.41) is 10.1. The van der Waals surface area contributed by atoms with Crippen LogP contribution in [0, 0.1) is 0 Å². The van der Waals surface area contributed by atoms with Crippen molar-refractivity contribution in [2.45, 2.75) is 21.8 Å². The molecule has 0 spiro atoms. The molecule has 2 aromatic heterocycles. The Morgan fingerprint density at radius 1 is 0.938 bits per heavy atom. The van der Waals surface area contributed by atoms with Crippen LogP contribution in [0.15, 0.2) is 64.1 Å². The lowest BCUT2D eigenvalue weighted by Gasteiger charge is -2.26. The summed E-state index contributed by atoms with van der Waals surface area (Å²) in [6, 6.07) is 18.8. The zero-order valence-corrected chi connectivity index (χ0v) is 20.2. The van der Waals surface area contributed by atoms with Gasteiger partial charge in [0.1, 0.15) is 5.82 Å². The van der Waals surface area contributed by atoms with Crippen LogP contribution in [0.1, 0.15) is 11.4 Å². The molecule has 0 bridgehead atoms. The van der Waals surface area contributed by atoms with Crippen molar-refractivity contribution < 1.29 is 4.74 Å². The maximum atomic E-state index is 5.45. The molecule has 0 atom stereocenters. The van der Waals surface area contributed by atoms with Crippen LogP contribution < -0.4 is 0 Å². The molecule has 1 saturated heterocycles. The summed E-state index contributed by atoms with van der Waals surface area (Å²) in [5.41, 5.74) is 2.32. The number of thiazole rings is 1. The lowest BCUT2D eigenvalue weighted by Crippen LogP contribution is -2.37. The van der Waals surface area contributed by atoms with Crippen LogP contribution in [-0.2, 0) is 17.0 Å². The fourth-order valence-electron chi connectivity index (χ4n) is 3.59. The second-order valence-electron chi connectivity index (χ2n) is 7.51. The normalized spacial score (nSPS) is 14.9. The lowest BCUT2D eigenvalue weighted by atomic mass is 10.2. The Hall–Kier alpha value is -1.91. The third-order valence-electron chi connectivity index (χ3n) is 5.32. The highest BCUT2D eigenvalue weighted by Crippen LogP contribution is 2.32. The Balaban J connectivity index is 1.29. The maximum absolute atomic E-state index is 5.45. The van der Waals surface area contributed by atoms with E-state index in [1.807, 2.05) is 6.07 Å². The van der Waals surface area contributed by atoms with E-state index in [4.69, 9.17) is 9.72 Å². The van der Waals surface area contributed by atoms with E-state index in [1.165, 1.54) is 10.3 Å². The highest BCUT2D eigenvalue weighted by molar-refractivity contribution is 8.00. The van der Waals surface area contributed by atoms with E-state index in [1.54, 1.807) is 34.9 Å². The Morgan fingerprint density at radius 3 is 2.59 bits per heavy atom. The zero-order chi connectivity index (χ0) is 21.6. The third kappa shape index (κ3) is 5.52. The van der Waals surface area contributed by atoms with E-state index in [0.29, 0.717) is 0 Å². The number of para-hydroxylation sites is 1. The second kappa shape index (κ2) is 10.8. The molecule has 0 saturated carbocycles. The van der Waals surface area contributed by atoms with Crippen molar-refractivity contribution in [1.82, 2.24) is 24.6 Å². The van der Waals surface area contributed by atoms with Gasteiger partial charge in [-0.1, -0.05) is 66.0 Å². The topological polar surface area (TPSA) is 56.1 Å². The fourth-order valence-corrected chi connectivity index (χ4v) is 6.55. The van der Waals surface area contributed by atoms with Crippen molar-refractivity contribution in [2.24, 2.45) is 0 Å². The van der Waals surface area contributed by atoms with Gasteiger partial charge < -0.3 is 9.30 Å². The van der Waals surface area contributed by atoms with Crippen LogP contribution in [0.3, 0.4) is 0 Å². The van der Waals surface area contributed by atoms with Crippen LogP contribution in [0.2, 0.25) is 0 Å². The molecule has 1 aliphatic rings. The Labute approximate surface area is 200 Å². The number of hydrogen-bond donors (Lipinski definition) is 0. The number of aromatic nitrogens is 4. The molecule has 4 aromatic rings. The van der Waals surface area contributed by atoms with Gasteiger partial charge >= 0.3 is 0 Å². The molecule has 0 N–H and O–H groups in total. The van der Waals surface area contributed by atoms with Crippen LogP contribution in [0.25, 0.3) is 10.2 Å². The number of benzene rings is 2. The van der Waals surface area contributed by atoms with Gasteiger partial charge in [-0.25, -0.2) is 4.98 Å². The number of fused-ring (bicyclic) bond motifs is 1. The van der Waals surface area contributed by atoms with Crippen LogP contribution in [0.4, 0.5) is 0 Å². The van der Waals surface area contributed by atoms with Crippen molar-refractivity contribution in [3.63, 3.8) is 0 Å². The van der Waals surface area contributed by atoms with E-state index in [0.717, 1.165) is 71.7 Å². The van der Waals surface area contributed by atoms with Gasteiger partial charge in [0.2, 0.25) is 0 Å². The van der Waals surface area contributed by atoms with E-state index in [-0.39, 0.29) is 0 Å². The molecule has 1 aliphatic heterocycles. The van der Waals surface area contributed by atoms with Crippen molar-refractivity contribution >= 4 is 45.1 Å². The molecule has 2 aromatic carbocycles. The summed E-state index contributed by atoms with van der Waals surface area (Å²) in [5.74, 6) is 2.74.